The second kappa shape index (κ2) is 8.30. The van der Waals surface area contributed by atoms with Gasteiger partial charge in [0.1, 0.15) is 0 Å². The number of hydrogen-bond acceptors (Lipinski definition) is 4. The van der Waals surface area contributed by atoms with Gasteiger partial charge in [-0.3, -0.25) is 9.89 Å². The van der Waals surface area contributed by atoms with Gasteiger partial charge in [-0.2, -0.15) is 0 Å². The maximum absolute atomic E-state index is 4.55. The fourth-order valence-corrected chi connectivity index (χ4v) is 3.84. The van der Waals surface area contributed by atoms with Gasteiger partial charge in [0.05, 0.1) is 5.69 Å². The summed E-state index contributed by atoms with van der Waals surface area (Å²) in [5.74, 6) is 0. The van der Waals surface area contributed by atoms with E-state index in [1.54, 1.807) is 11.3 Å². The van der Waals surface area contributed by atoms with Crippen molar-refractivity contribution >= 4 is 28.9 Å². The highest BCUT2D eigenvalue weighted by Gasteiger charge is 2.17. The van der Waals surface area contributed by atoms with Crippen LogP contribution in [0.15, 0.2) is 77.1 Å². The van der Waals surface area contributed by atoms with Crippen LogP contribution in [0.5, 0.6) is 0 Å². The topological polar surface area (TPSA) is 18.8 Å². The second-order valence-corrected chi connectivity index (χ2v) is 7.52. The Morgan fingerprint density at radius 1 is 0.846 bits per heavy atom. The monoisotopic (exact) mass is 361 g/mol. The molecule has 1 saturated heterocycles. The van der Waals surface area contributed by atoms with E-state index in [4.69, 9.17) is 0 Å². The van der Waals surface area contributed by atoms with E-state index in [1.165, 1.54) is 16.1 Å². The highest BCUT2D eigenvalue weighted by atomic mass is 32.1. The van der Waals surface area contributed by atoms with Crippen LogP contribution in [0.4, 0.5) is 11.4 Å². The van der Waals surface area contributed by atoms with E-state index in [9.17, 15) is 0 Å². The van der Waals surface area contributed by atoms with E-state index in [-0.39, 0.29) is 0 Å². The molecule has 4 rings (SSSR count). The molecule has 3 nitrogen and oxygen atoms in total. The summed E-state index contributed by atoms with van der Waals surface area (Å²) in [6.45, 7) is 5.40. The Kier molecular flexibility index (Phi) is 5.43. The maximum Gasteiger partial charge on any atom is 0.0631 e. The zero-order chi connectivity index (χ0) is 17.6. The molecule has 2 heterocycles. The molecule has 1 aromatic heterocycles. The molecule has 0 radical (unpaired) electrons. The fourth-order valence-electron chi connectivity index (χ4n) is 3.26. The zero-order valence-electron chi connectivity index (χ0n) is 14.8. The Hall–Kier alpha value is -2.43. The smallest absolute Gasteiger partial charge is 0.0631 e. The Morgan fingerprint density at radius 3 is 2.31 bits per heavy atom. The Labute approximate surface area is 159 Å². The lowest BCUT2D eigenvalue weighted by atomic mass is 10.2. The van der Waals surface area contributed by atoms with Crippen LogP contribution in [-0.4, -0.2) is 37.3 Å². The van der Waals surface area contributed by atoms with Crippen molar-refractivity contribution in [2.24, 2.45) is 4.99 Å². The van der Waals surface area contributed by atoms with Crippen LogP contribution in [0, 0.1) is 0 Å². The zero-order valence-corrected chi connectivity index (χ0v) is 15.6. The van der Waals surface area contributed by atoms with Crippen LogP contribution in [0.1, 0.15) is 10.4 Å². The molecule has 2 aromatic carbocycles. The molecule has 0 saturated carbocycles. The molecule has 1 fully saturated rings. The van der Waals surface area contributed by atoms with Crippen molar-refractivity contribution in [1.82, 2.24) is 4.90 Å². The molecule has 0 N–H and O–H groups in total. The van der Waals surface area contributed by atoms with E-state index in [0.29, 0.717) is 0 Å². The first-order valence-electron chi connectivity index (χ1n) is 9.06. The molecule has 1 aliphatic rings. The van der Waals surface area contributed by atoms with Gasteiger partial charge in [-0.1, -0.05) is 36.4 Å². The minimum absolute atomic E-state index is 1.00. The van der Waals surface area contributed by atoms with Gasteiger partial charge in [0, 0.05) is 49.5 Å². The molecular weight excluding hydrogens is 338 g/mol. The van der Waals surface area contributed by atoms with Crippen LogP contribution in [0.25, 0.3) is 0 Å². The Morgan fingerprint density at radius 2 is 1.62 bits per heavy atom. The maximum atomic E-state index is 4.55. The van der Waals surface area contributed by atoms with E-state index in [1.807, 2.05) is 12.3 Å². The lowest BCUT2D eigenvalue weighted by Gasteiger charge is -2.36. The lowest BCUT2D eigenvalue weighted by molar-refractivity contribution is 0.250. The van der Waals surface area contributed by atoms with Crippen molar-refractivity contribution < 1.29 is 0 Å². The largest absolute Gasteiger partial charge is 0.369 e. The summed E-state index contributed by atoms with van der Waals surface area (Å²) in [5.41, 5.74) is 3.69. The summed E-state index contributed by atoms with van der Waals surface area (Å²) in [5, 5.41) is 2.07. The summed E-state index contributed by atoms with van der Waals surface area (Å²) in [7, 11) is 0. The number of hydrogen-bond donors (Lipinski definition) is 0. The molecule has 0 atom stereocenters. The third kappa shape index (κ3) is 4.40. The molecule has 0 amide bonds. The van der Waals surface area contributed by atoms with Gasteiger partial charge in [0.15, 0.2) is 0 Å². The van der Waals surface area contributed by atoms with Crippen molar-refractivity contribution in [3.05, 3.63) is 82.6 Å². The van der Waals surface area contributed by atoms with E-state index < -0.39 is 0 Å². The minimum Gasteiger partial charge on any atom is -0.369 e. The van der Waals surface area contributed by atoms with E-state index in [2.05, 4.69) is 80.8 Å². The van der Waals surface area contributed by atoms with E-state index >= 15 is 0 Å². The molecule has 0 bridgehead atoms. The normalized spacial score (nSPS) is 15.6. The number of benzene rings is 2. The predicted octanol–water partition coefficient (Wildman–Crippen LogP) is 4.82. The molecule has 0 unspecified atom stereocenters. The molecule has 26 heavy (non-hydrogen) atoms. The van der Waals surface area contributed by atoms with Crippen molar-refractivity contribution in [3.63, 3.8) is 0 Å². The summed E-state index contributed by atoms with van der Waals surface area (Å²) in [4.78, 5) is 10.7. The van der Waals surface area contributed by atoms with Crippen LogP contribution >= 0.6 is 11.3 Å². The SMILES string of the molecule is C(=Nc1ccc(N2CCN(Cc3ccccc3)CC2)cc1)c1cccs1. The first-order chi connectivity index (χ1) is 12.9. The van der Waals surface area contributed by atoms with Gasteiger partial charge < -0.3 is 4.90 Å². The fraction of sp³-hybridized carbons (Fsp3) is 0.227. The summed E-state index contributed by atoms with van der Waals surface area (Å²) in [6.07, 6.45) is 1.93. The molecule has 132 valence electrons. The van der Waals surface area contributed by atoms with Crippen LogP contribution in [0.3, 0.4) is 0 Å². The van der Waals surface area contributed by atoms with Crippen molar-refractivity contribution in [3.8, 4) is 0 Å². The van der Waals surface area contributed by atoms with Crippen LogP contribution < -0.4 is 4.90 Å². The summed E-state index contributed by atoms with van der Waals surface area (Å²) >= 11 is 1.71. The highest BCUT2D eigenvalue weighted by molar-refractivity contribution is 7.11. The van der Waals surface area contributed by atoms with Gasteiger partial charge in [-0.25, -0.2) is 0 Å². The number of piperazine rings is 1. The molecule has 4 heteroatoms. The third-order valence-electron chi connectivity index (χ3n) is 4.72. The van der Waals surface area contributed by atoms with Crippen LogP contribution in [0.2, 0.25) is 0 Å². The Bertz CT molecular complexity index is 818. The van der Waals surface area contributed by atoms with Crippen LogP contribution in [-0.2, 0) is 6.54 Å². The molecular formula is C22H23N3S. The number of anilines is 1. The predicted molar refractivity (Wildman–Crippen MR) is 112 cm³/mol. The standard InChI is InChI=1S/C22H23N3S/c1-2-5-19(6-3-1)18-24-12-14-25(15-13-24)21-10-8-20(9-11-21)23-17-22-7-4-16-26-22/h1-11,16-17H,12-15,18H2. The molecule has 0 aliphatic carbocycles. The lowest BCUT2D eigenvalue weighted by Crippen LogP contribution is -2.45. The van der Waals surface area contributed by atoms with Gasteiger partial charge >= 0.3 is 0 Å². The first-order valence-corrected chi connectivity index (χ1v) is 9.94. The highest BCUT2D eigenvalue weighted by Crippen LogP contribution is 2.22. The number of thiophene rings is 1. The molecule has 3 aromatic rings. The van der Waals surface area contributed by atoms with Crippen molar-refractivity contribution in [2.75, 3.05) is 31.1 Å². The second-order valence-electron chi connectivity index (χ2n) is 6.54. The Balaban J connectivity index is 1.31. The molecule has 0 spiro atoms. The average Bonchev–Trinajstić information content (AvgIpc) is 3.22. The van der Waals surface area contributed by atoms with Gasteiger partial charge in [0.2, 0.25) is 0 Å². The van der Waals surface area contributed by atoms with Gasteiger partial charge in [0.25, 0.3) is 0 Å². The molecule has 1 aliphatic heterocycles. The van der Waals surface area contributed by atoms with Gasteiger partial charge in [-0.05, 0) is 41.3 Å². The van der Waals surface area contributed by atoms with E-state index in [0.717, 1.165) is 38.4 Å². The first kappa shape index (κ1) is 17.0. The number of aliphatic imine (C=N–C) groups is 1. The summed E-state index contributed by atoms with van der Waals surface area (Å²) < 4.78 is 0. The quantitative estimate of drug-likeness (QED) is 0.607. The summed E-state index contributed by atoms with van der Waals surface area (Å²) in [6, 6.07) is 23.5. The number of nitrogens with zero attached hydrogens (tertiary/aromatic N) is 3. The third-order valence-corrected chi connectivity index (χ3v) is 5.53. The average molecular weight is 362 g/mol. The van der Waals surface area contributed by atoms with Crippen molar-refractivity contribution in [1.29, 1.82) is 0 Å². The minimum atomic E-state index is 1.00. The van der Waals surface area contributed by atoms with Crippen molar-refractivity contribution in [2.45, 2.75) is 6.54 Å². The van der Waals surface area contributed by atoms with Gasteiger partial charge in [-0.15, -0.1) is 11.3 Å². The number of rotatable bonds is 5.